The van der Waals surface area contributed by atoms with Gasteiger partial charge in [-0.2, -0.15) is 0 Å². The van der Waals surface area contributed by atoms with Gasteiger partial charge in [0.2, 0.25) is 0 Å². The second-order valence-corrected chi connectivity index (χ2v) is 4.00. The molecule has 0 aliphatic carbocycles. The Hall–Kier alpha value is -1.02. The number of nitrogens with zero attached hydrogens (tertiary/aromatic N) is 2. The Balaban J connectivity index is 0.00000128. The number of hydrogen-bond donors (Lipinski definition) is 0. The first-order chi connectivity index (χ1) is 7.27. The monoisotopic (exact) mass is 238 g/mol. The summed E-state index contributed by atoms with van der Waals surface area (Å²) in [5.74, 6) is 1.20. The standard InChI is InChI=1S/C13H18N2.ClH/c1-4-10(3)15-12-9-7-6-8-11(12)14-13(15)5-2;/h6-10H,4-5H2,1-3H3;1H. The SMILES string of the molecule is CCc1nc2ccccc2n1C(C)CC.Cl. The molecule has 0 saturated carbocycles. The van der Waals surface area contributed by atoms with Gasteiger partial charge in [0.05, 0.1) is 11.0 Å². The van der Waals surface area contributed by atoms with Gasteiger partial charge in [-0.15, -0.1) is 12.4 Å². The van der Waals surface area contributed by atoms with Gasteiger partial charge < -0.3 is 4.57 Å². The van der Waals surface area contributed by atoms with Crippen LogP contribution < -0.4 is 0 Å². The summed E-state index contributed by atoms with van der Waals surface area (Å²) in [4.78, 5) is 4.66. The molecule has 0 bridgehead atoms. The van der Waals surface area contributed by atoms with Crippen molar-refractivity contribution in [1.29, 1.82) is 0 Å². The van der Waals surface area contributed by atoms with Crippen LogP contribution in [0.1, 0.15) is 39.1 Å². The minimum atomic E-state index is 0. The Labute approximate surface area is 103 Å². The Kier molecular flexibility index (Phi) is 4.36. The normalized spacial score (nSPS) is 12.4. The van der Waals surface area contributed by atoms with E-state index in [0.717, 1.165) is 18.4 Å². The van der Waals surface area contributed by atoms with Gasteiger partial charge in [-0.3, -0.25) is 0 Å². The first-order valence-electron chi connectivity index (χ1n) is 5.73. The van der Waals surface area contributed by atoms with Gasteiger partial charge in [0.15, 0.2) is 0 Å². The molecule has 0 fully saturated rings. The highest BCUT2D eigenvalue weighted by molar-refractivity contribution is 5.85. The van der Waals surface area contributed by atoms with E-state index in [4.69, 9.17) is 0 Å². The summed E-state index contributed by atoms with van der Waals surface area (Å²) >= 11 is 0. The summed E-state index contributed by atoms with van der Waals surface area (Å²) in [7, 11) is 0. The Bertz CT molecular complexity index is 462. The van der Waals surface area contributed by atoms with Crippen molar-refractivity contribution in [2.45, 2.75) is 39.7 Å². The smallest absolute Gasteiger partial charge is 0.109 e. The van der Waals surface area contributed by atoms with E-state index in [-0.39, 0.29) is 12.4 Å². The van der Waals surface area contributed by atoms with Crippen molar-refractivity contribution in [2.75, 3.05) is 0 Å². The van der Waals surface area contributed by atoms with Crippen LogP contribution in [-0.2, 0) is 6.42 Å². The minimum absolute atomic E-state index is 0. The van der Waals surface area contributed by atoms with Crippen LogP contribution in [0.15, 0.2) is 24.3 Å². The Morgan fingerprint density at radius 2 is 1.94 bits per heavy atom. The third-order valence-electron chi connectivity index (χ3n) is 3.02. The molecule has 16 heavy (non-hydrogen) atoms. The highest BCUT2D eigenvalue weighted by Crippen LogP contribution is 2.22. The van der Waals surface area contributed by atoms with Gasteiger partial charge >= 0.3 is 0 Å². The molecule has 1 aromatic carbocycles. The van der Waals surface area contributed by atoms with Crippen molar-refractivity contribution < 1.29 is 0 Å². The second-order valence-electron chi connectivity index (χ2n) is 4.00. The van der Waals surface area contributed by atoms with Crippen LogP contribution in [0.4, 0.5) is 0 Å². The molecule has 88 valence electrons. The zero-order chi connectivity index (χ0) is 10.8. The van der Waals surface area contributed by atoms with Crippen molar-refractivity contribution in [3.8, 4) is 0 Å². The summed E-state index contributed by atoms with van der Waals surface area (Å²) in [6, 6.07) is 8.92. The van der Waals surface area contributed by atoms with Gasteiger partial charge in [-0.25, -0.2) is 4.98 Å². The number of imidazole rings is 1. The zero-order valence-electron chi connectivity index (χ0n) is 10.1. The number of benzene rings is 1. The molecule has 1 aromatic heterocycles. The quantitative estimate of drug-likeness (QED) is 0.791. The number of aryl methyl sites for hydroxylation is 1. The van der Waals surface area contributed by atoms with Crippen LogP contribution in [0.5, 0.6) is 0 Å². The average Bonchev–Trinajstić information content (AvgIpc) is 2.66. The largest absolute Gasteiger partial charge is 0.325 e. The van der Waals surface area contributed by atoms with E-state index in [0.29, 0.717) is 6.04 Å². The van der Waals surface area contributed by atoms with Crippen molar-refractivity contribution in [1.82, 2.24) is 9.55 Å². The van der Waals surface area contributed by atoms with Gasteiger partial charge in [0.1, 0.15) is 5.82 Å². The molecule has 0 aliphatic heterocycles. The molecule has 2 rings (SSSR count). The molecular formula is C13H19ClN2. The summed E-state index contributed by atoms with van der Waals surface area (Å²) in [6.45, 7) is 6.65. The van der Waals surface area contributed by atoms with Crippen molar-refractivity contribution in [2.24, 2.45) is 0 Å². The number of rotatable bonds is 3. The van der Waals surface area contributed by atoms with Crippen molar-refractivity contribution >= 4 is 23.4 Å². The molecule has 0 spiro atoms. The zero-order valence-corrected chi connectivity index (χ0v) is 10.9. The van der Waals surface area contributed by atoms with Crippen LogP contribution in [0, 0.1) is 0 Å². The summed E-state index contributed by atoms with van der Waals surface area (Å²) in [6.07, 6.45) is 2.15. The van der Waals surface area contributed by atoms with Gasteiger partial charge in [0.25, 0.3) is 0 Å². The number of aromatic nitrogens is 2. The molecule has 1 atom stereocenters. The second kappa shape index (κ2) is 5.35. The lowest BCUT2D eigenvalue weighted by Gasteiger charge is -2.14. The predicted octanol–water partition coefficient (Wildman–Crippen LogP) is 3.99. The van der Waals surface area contributed by atoms with E-state index in [1.165, 1.54) is 11.3 Å². The average molecular weight is 239 g/mol. The minimum Gasteiger partial charge on any atom is -0.325 e. The van der Waals surface area contributed by atoms with E-state index in [2.05, 4.69) is 54.6 Å². The van der Waals surface area contributed by atoms with Crippen LogP contribution >= 0.6 is 12.4 Å². The van der Waals surface area contributed by atoms with Gasteiger partial charge in [-0.1, -0.05) is 26.0 Å². The third-order valence-corrected chi connectivity index (χ3v) is 3.02. The van der Waals surface area contributed by atoms with E-state index in [9.17, 15) is 0 Å². The molecular weight excluding hydrogens is 220 g/mol. The number of halogens is 1. The summed E-state index contributed by atoms with van der Waals surface area (Å²) < 4.78 is 2.37. The Morgan fingerprint density at radius 3 is 2.56 bits per heavy atom. The maximum absolute atomic E-state index is 4.66. The lowest BCUT2D eigenvalue weighted by Crippen LogP contribution is -2.07. The van der Waals surface area contributed by atoms with Crippen LogP contribution in [0.2, 0.25) is 0 Å². The van der Waals surface area contributed by atoms with Crippen molar-refractivity contribution in [3.63, 3.8) is 0 Å². The fourth-order valence-corrected chi connectivity index (χ4v) is 2.02. The third kappa shape index (κ3) is 2.07. The number of hydrogen-bond acceptors (Lipinski definition) is 1. The lowest BCUT2D eigenvalue weighted by molar-refractivity contribution is 0.524. The molecule has 0 amide bonds. The van der Waals surface area contributed by atoms with Gasteiger partial charge in [0, 0.05) is 12.5 Å². The Morgan fingerprint density at radius 1 is 1.25 bits per heavy atom. The first kappa shape index (κ1) is 13.0. The number of fused-ring (bicyclic) bond motifs is 1. The lowest BCUT2D eigenvalue weighted by atomic mass is 10.2. The van der Waals surface area contributed by atoms with Gasteiger partial charge in [-0.05, 0) is 25.5 Å². The van der Waals surface area contributed by atoms with Crippen molar-refractivity contribution in [3.05, 3.63) is 30.1 Å². The fraction of sp³-hybridized carbons (Fsp3) is 0.462. The highest BCUT2D eigenvalue weighted by atomic mass is 35.5. The maximum Gasteiger partial charge on any atom is 0.109 e. The molecule has 0 saturated heterocycles. The molecule has 1 heterocycles. The predicted molar refractivity (Wildman–Crippen MR) is 71.4 cm³/mol. The molecule has 3 heteroatoms. The molecule has 0 radical (unpaired) electrons. The molecule has 0 aliphatic rings. The van der Waals surface area contributed by atoms with Crippen LogP contribution in [0.25, 0.3) is 11.0 Å². The highest BCUT2D eigenvalue weighted by Gasteiger charge is 2.12. The molecule has 0 N–H and O–H groups in total. The van der Waals surface area contributed by atoms with Crippen LogP contribution in [-0.4, -0.2) is 9.55 Å². The molecule has 2 aromatic rings. The molecule has 2 nitrogen and oxygen atoms in total. The topological polar surface area (TPSA) is 17.8 Å². The first-order valence-corrected chi connectivity index (χ1v) is 5.73. The van der Waals surface area contributed by atoms with Crippen LogP contribution in [0.3, 0.4) is 0 Å². The van der Waals surface area contributed by atoms with E-state index < -0.39 is 0 Å². The van der Waals surface area contributed by atoms with E-state index in [1.807, 2.05) is 0 Å². The number of para-hydroxylation sites is 2. The fourth-order valence-electron chi connectivity index (χ4n) is 2.02. The van der Waals surface area contributed by atoms with E-state index in [1.54, 1.807) is 0 Å². The summed E-state index contributed by atoms with van der Waals surface area (Å²) in [5.41, 5.74) is 2.39. The maximum atomic E-state index is 4.66. The summed E-state index contributed by atoms with van der Waals surface area (Å²) in [5, 5.41) is 0. The van der Waals surface area contributed by atoms with E-state index >= 15 is 0 Å². The molecule has 1 unspecified atom stereocenters.